The number of rotatable bonds is 2. The summed E-state index contributed by atoms with van der Waals surface area (Å²) in [6.07, 6.45) is -6.19. The van der Waals surface area contributed by atoms with Crippen molar-refractivity contribution in [1.29, 1.82) is 5.26 Å². The van der Waals surface area contributed by atoms with E-state index >= 15 is 0 Å². The molecular formula is C10H6ClF3N2O. The number of hydrogen-bond acceptors (Lipinski definition) is 2. The summed E-state index contributed by atoms with van der Waals surface area (Å²) in [5.74, 6) is -1.24. The maximum absolute atomic E-state index is 11.9. The van der Waals surface area contributed by atoms with Crippen molar-refractivity contribution < 1.29 is 18.0 Å². The molecule has 0 bridgehead atoms. The zero-order valence-electron chi connectivity index (χ0n) is 8.31. The van der Waals surface area contributed by atoms with Gasteiger partial charge in [-0.05, 0) is 18.2 Å². The van der Waals surface area contributed by atoms with Crippen molar-refractivity contribution in [2.24, 2.45) is 0 Å². The van der Waals surface area contributed by atoms with Crippen LogP contribution >= 0.6 is 11.6 Å². The number of anilines is 1. The summed E-state index contributed by atoms with van der Waals surface area (Å²) in [6.45, 7) is 0. The molecule has 0 saturated heterocycles. The second-order valence-corrected chi connectivity index (χ2v) is 3.58. The minimum Gasteiger partial charge on any atom is -0.325 e. The largest absolute Gasteiger partial charge is 0.397 e. The first kappa shape index (κ1) is 13.3. The first-order valence-electron chi connectivity index (χ1n) is 4.38. The van der Waals surface area contributed by atoms with E-state index in [0.717, 1.165) is 0 Å². The van der Waals surface area contributed by atoms with Crippen molar-refractivity contribution in [2.75, 3.05) is 5.32 Å². The zero-order valence-corrected chi connectivity index (χ0v) is 9.06. The lowest BCUT2D eigenvalue weighted by molar-refractivity contribution is -0.150. The van der Waals surface area contributed by atoms with Gasteiger partial charge in [0.05, 0.1) is 11.3 Å². The van der Waals surface area contributed by atoms with Crippen LogP contribution in [-0.4, -0.2) is 12.1 Å². The average molecular weight is 263 g/mol. The molecule has 0 fully saturated rings. The molecule has 3 nitrogen and oxygen atoms in total. The molecule has 1 amide bonds. The fourth-order valence-corrected chi connectivity index (χ4v) is 1.27. The highest BCUT2D eigenvalue weighted by molar-refractivity contribution is 6.31. The van der Waals surface area contributed by atoms with Gasteiger partial charge in [0.25, 0.3) is 0 Å². The van der Waals surface area contributed by atoms with Gasteiger partial charge in [-0.2, -0.15) is 18.4 Å². The van der Waals surface area contributed by atoms with E-state index in [1.54, 1.807) is 6.07 Å². The van der Waals surface area contributed by atoms with E-state index in [1.165, 1.54) is 18.2 Å². The molecule has 0 aliphatic carbocycles. The Balaban J connectivity index is 2.85. The standard InChI is InChI=1S/C10H6ClF3N2O/c11-7-2-1-6(5-15)8(3-7)16-9(17)4-10(12,13)14/h1-3H,4H2,(H,16,17). The van der Waals surface area contributed by atoms with Crippen LogP contribution in [0.3, 0.4) is 0 Å². The molecule has 0 radical (unpaired) electrons. The van der Waals surface area contributed by atoms with Crippen molar-refractivity contribution in [3.63, 3.8) is 0 Å². The van der Waals surface area contributed by atoms with Crippen LogP contribution in [0.25, 0.3) is 0 Å². The molecule has 7 heteroatoms. The lowest BCUT2D eigenvalue weighted by atomic mass is 10.2. The van der Waals surface area contributed by atoms with E-state index in [2.05, 4.69) is 0 Å². The van der Waals surface area contributed by atoms with Gasteiger partial charge in [0.2, 0.25) is 5.91 Å². The molecule has 0 aromatic heterocycles. The Morgan fingerprint density at radius 3 is 2.65 bits per heavy atom. The zero-order chi connectivity index (χ0) is 13.1. The van der Waals surface area contributed by atoms with Crippen molar-refractivity contribution in [3.8, 4) is 6.07 Å². The number of carbonyl (C=O) groups excluding carboxylic acids is 1. The number of nitriles is 1. The second-order valence-electron chi connectivity index (χ2n) is 3.14. The topological polar surface area (TPSA) is 52.9 Å². The Morgan fingerprint density at radius 2 is 2.12 bits per heavy atom. The van der Waals surface area contributed by atoms with Crippen LogP contribution in [0.4, 0.5) is 18.9 Å². The van der Waals surface area contributed by atoms with Gasteiger partial charge in [-0.15, -0.1) is 0 Å². The van der Waals surface area contributed by atoms with Crippen molar-refractivity contribution in [3.05, 3.63) is 28.8 Å². The van der Waals surface area contributed by atoms with E-state index < -0.39 is 18.5 Å². The monoisotopic (exact) mass is 262 g/mol. The predicted octanol–water partition coefficient (Wildman–Crippen LogP) is 3.10. The lowest BCUT2D eigenvalue weighted by Gasteiger charge is -2.09. The quantitative estimate of drug-likeness (QED) is 0.890. The van der Waals surface area contributed by atoms with Gasteiger partial charge in [0, 0.05) is 5.02 Å². The molecule has 1 rings (SSSR count). The summed E-state index contributed by atoms with van der Waals surface area (Å²) in [5.41, 5.74) is 0.0131. The lowest BCUT2D eigenvalue weighted by Crippen LogP contribution is -2.21. The first-order valence-corrected chi connectivity index (χ1v) is 4.76. The minimum atomic E-state index is -4.59. The fourth-order valence-electron chi connectivity index (χ4n) is 1.09. The molecule has 90 valence electrons. The molecule has 0 aliphatic rings. The van der Waals surface area contributed by atoms with Crippen LogP contribution in [0.15, 0.2) is 18.2 Å². The number of nitrogens with one attached hydrogen (secondary N) is 1. The molecule has 0 unspecified atom stereocenters. The van der Waals surface area contributed by atoms with Crippen molar-refractivity contribution in [1.82, 2.24) is 0 Å². The van der Waals surface area contributed by atoms with Crippen LogP contribution in [0.1, 0.15) is 12.0 Å². The number of halogens is 4. The fraction of sp³-hybridized carbons (Fsp3) is 0.200. The van der Waals surface area contributed by atoms with Gasteiger partial charge in [-0.1, -0.05) is 11.6 Å². The predicted molar refractivity (Wildman–Crippen MR) is 55.5 cm³/mol. The molecule has 17 heavy (non-hydrogen) atoms. The average Bonchev–Trinajstić information content (AvgIpc) is 2.14. The molecule has 0 atom stereocenters. The van der Waals surface area contributed by atoms with Gasteiger partial charge in [0.1, 0.15) is 12.5 Å². The van der Waals surface area contributed by atoms with Crippen molar-refractivity contribution in [2.45, 2.75) is 12.6 Å². The number of nitrogens with zero attached hydrogens (tertiary/aromatic N) is 1. The van der Waals surface area contributed by atoms with Gasteiger partial charge in [-0.3, -0.25) is 4.79 Å². The smallest absolute Gasteiger partial charge is 0.325 e. The van der Waals surface area contributed by atoms with Crippen molar-refractivity contribution >= 4 is 23.2 Å². The SMILES string of the molecule is N#Cc1ccc(Cl)cc1NC(=O)CC(F)(F)F. The number of benzene rings is 1. The summed E-state index contributed by atoms with van der Waals surface area (Å²) >= 11 is 5.61. The third kappa shape index (κ3) is 4.33. The molecule has 1 aromatic rings. The summed E-state index contributed by atoms with van der Waals surface area (Å²) in [5, 5.41) is 10.9. The summed E-state index contributed by atoms with van der Waals surface area (Å²) in [6, 6.07) is 5.67. The maximum Gasteiger partial charge on any atom is 0.397 e. The van der Waals surface area contributed by atoms with E-state index in [9.17, 15) is 18.0 Å². The van der Waals surface area contributed by atoms with Gasteiger partial charge in [0.15, 0.2) is 0 Å². The molecule has 1 aromatic carbocycles. The second kappa shape index (κ2) is 5.06. The van der Waals surface area contributed by atoms with Gasteiger partial charge < -0.3 is 5.32 Å². The number of carbonyl (C=O) groups is 1. The highest BCUT2D eigenvalue weighted by Crippen LogP contribution is 2.23. The molecule has 1 N–H and O–H groups in total. The molecule has 0 heterocycles. The van der Waals surface area contributed by atoms with Crippen LogP contribution in [0, 0.1) is 11.3 Å². The highest BCUT2D eigenvalue weighted by Gasteiger charge is 2.31. The molecule has 0 spiro atoms. The minimum absolute atomic E-state index is 0.0331. The van der Waals surface area contributed by atoms with Gasteiger partial charge >= 0.3 is 6.18 Å². The third-order valence-corrected chi connectivity index (χ3v) is 1.97. The van der Waals surface area contributed by atoms with Gasteiger partial charge in [-0.25, -0.2) is 0 Å². The Morgan fingerprint density at radius 1 is 1.47 bits per heavy atom. The van der Waals surface area contributed by atoms with E-state index in [-0.39, 0.29) is 16.3 Å². The van der Waals surface area contributed by atoms with E-state index in [1.807, 2.05) is 5.32 Å². The molecular weight excluding hydrogens is 257 g/mol. The van der Waals surface area contributed by atoms with Crippen LogP contribution < -0.4 is 5.32 Å². The Kier molecular flexibility index (Phi) is 3.97. The van der Waals surface area contributed by atoms with Crippen LogP contribution in [0.2, 0.25) is 5.02 Å². The summed E-state index contributed by atoms with van der Waals surface area (Å²) in [4.78, 5) is 11.0. The maximum atomic E-state index is 11.9. The highest BCUT2D eigenvalue weighted by atomic mass is 35.5. The third-order valence-electron chi connectivity index (χ3n) is 1.74. The Hall–Kier alpha value is -1.74. The number of hydrogen-bond donors (Lipinski definition) is 1. The normalized spacial score (nSPS) is 10.8. The van der Waals surface area contributed by atoms with E-state index in [4.69, 9.17) is 16.9 Å². The molecule has 0 saturated carbocycles. The number of alkyl halides is 3. The summed E-state index contributed by atoms with van der Waals surface area (Å²) < 4.78 is 35.8. The molecule has 0 aliphatic heterocycles. The van der Waals surface area contributed by atoms with E-state index in [0.29, 0.717) is 0 Å². The van der Waals surface area contributed by atoms with Crippen LogP contribution in [0.5, 0.6) is 0 Å². The Bertz CT molecular complexity index is 479. The Labute approximate surface area is 99.8 Å². The number of amides is 1. The van der Waals surface area contributed by atoms with Crippen LogP contribution in [-0.2, 0) is 4.79 Å². The summed E-state index contributed by atoms with van der Waals surface area (Å²) in [7, 11) is 0. The first-order chi connectivity index (χ1) is 7.81.